The van der Waals surface area contributed by atoms with E-state index in [1.165, 1.54) is 23.9 Å². The van der Waals surface area contributed by atoms with E-state index in [1.807, 2.05) is 67.6 Å². The molecule has 0 bridgehead atoms. The van der Waals surface area contributed by atoms with Crippen LogP contribution in [0.25, 0.3) is 0 Å². The highest BCUT2D eigenvalue weighted by Crippen LogP contribution is 2.32. The molecule has 0 aromatic heterocycles. The maximum absolute atomic E-state index is 11.5. The first-order chi connectivity index (χ1) is 17.8. The summed E-state index contributed by atoms with van der Waals surface area (Å²) in [5.41, 5.74) is 3.27. The van der Waals surface area contributed by atoms with Gasteiger partial charge in [0.2, 0.25) is 0 Å². The summed E-state index contributed by atoms with van der Waals surface area (Å²) in [5.74, 6) is 0.182. The van der Waals surface area contributed by atoms with E-state index in [4.69, 9.17) is 28.2 Å². The predicted octanol–water partition coefficient (Wildman–Crippen LogP) is 8.40. The highest BCUT2D eigenvalue weighted by molar-refractivity contribution is 8.13. The fraction of sp³-hybridized carbons (Fsp3) is 0.107. The van der Waals surface area contributed by atoms with Crippen LogP contribution in [0, 0.1) is 17.0 Å². The lowest BCUT2D eigenvalue weighted by molar-refractivity contribution is -0.384. The van der Waals surface area contributed by atoms with Crippen molar-refractivity contribution in [1.82, 2.24) is 4.90 Å². The molecule has 0 aliphatic heterocycles. The van der Waals surface area contributed by atoms with E-state index in [0.717, 1.165) is 21.6 Å². The Morgan fingerprint density at radius 3 is 2.32 bits per heavy atom. The van der Waals surface area contributed by atoms with Crippen molar-refractivity contribution in [2.24, 2.45) is 4.99 Å². The van der Waals surface area contributed by atoms with Crippen molar-refractivity contribution in [2.45, 2.75) is 24.9 Å². The van der Waals surface area contributed by atoms with Crippen LogP contribution in [0.4, 0.5) is 11.4 Å². The molecule has 0 saturated heterocycles. The fourth-order valence-electron chi connectivity index (χ4n) is 3.56. The zero-order chi connectivity index (χ0) is 26.4. The molecule has 188 valence electrons. The smallest absolute Gasteiger partial charge is 0.290 e. The number of nitro groups is 1. The van der Waals surface area contributed by atoms with Crippen molar-refractivity contribution in [3.8, 4) is 5.75 Å². The maximum atomic E-state index is 11.5. The molecule has 1 N–H and O–H groups in total. The topological polar surface area (TPSA) is 79.0 Å². The molecule has 0 atom stereocenters. The van der Waals surface area contributed by atoms with Crippen molar-refractivity contribution in [1.29, 1.82) is 0 Å². The van der Waals surface area contributed by atoms with Gasteiger partial charge in [0.1, 0.15) is 10.8 Å². The summed E-state index contributed by atoms with van der Waals surface area (Å²) >= 11 is 13.8. The normalized spacial score (nSPS) is 11.4. The SMILES string of the molecule is Cc1ccc(SC(=Nc2ccc(Cl)c([N+](=O)[O-])c2)N(Cc2ccc(O)cc2)Cc2cccc(Cl)c2)cc1. The molecule has 9 heteroatoms. The van der Waals surface area contributed by atoms with Gasteiger partial charge in [-0.15, -0.1) is 0 Å². The quantitative estimate of drug-likeness (QED) is 0.0819. The van der Waals surface area contributed by atoms with Crippen LogP contribution in [-0.4, -0.2) is 20.1 Å². The van der Waals surface area contributed by atoms with Gasteiger partial charge in [-0.2, -0.15) is 0 Å². The molecular formula is C28H23Cl2N3O3S. The van der Waals surface area contributed by atoms with Crippen LogP contribution < -0.4 is 0 Å². The number of hydrogen-bond acceptors (Lipinski definition) is 5. The second kappa shape index (κ2) is 12.1. The Morgan fingerprint density at radius 1 is 0.946 bits per heavy atom. The second-order valence-electron chi connectivity index (χ2n) is 8.35. The summed E-state index contributed by atoms with van der Waals surface area (Å²) in [6, 6.07) is 27.1. The summed E-state index contributed by atoms with van der Waals surface area (Å²) in [4.78, 5) is 18.9. The molecule has 0 aliphatic rings. The van der Waals surface area contributed by atoms with Crippen molar-refractivity contribution < 1.29 is 10.0 Å². The first-order valence-corrected chi connectivity index (χ1v) is 12.9. The molecule has 0 saturated carbocycles. The van der Waals surface area contributed by atoms with Crippen molar-refractivity contribution >= 4 is 51.5 Å². The minimum absolute atomic E-state index is 0.0524. The van der Waals surface area contributed by atoms with Crippen LogP contribution in [-0.2, 0) is 13.1 Å². The third kappa shape index (κ3) is 7.49. The number of phenols is 1. The average Bonchev–Trinajstić information content (AvgIpc) is 2.87. The number of aromatic hydroxyl groups is 1. The molecule has 6 nitrogen and oxygen atoms in total. The second-order valence-corrected chi connectivity index (χ2v) is 10.2. The lowest BCUT2D eigenvalue weighted by Gasteiger charge is -2.26. The van der Waals surface area contributed by atoms with E-state index in [2.05, 4.69) is 4.90 Å². The Bertz CT molecular complexity index is 1430. The van der Waals surface area contributed by atoms with Gasteiger partial charge >= 0.3 is 0 Å². The molecule has 0 radical (unpaired) electrons. The number of halogens is 2. The number of aryl methyl sites for hydroxylation is 1. The molecule has 37 heavy (non-hydrogen) atoms. The molecule has 0 heterocycles. The fourth-order valence-corrected chi connectivity index (χ4v) is 4.85. The van der Waals surface area contributed by atoms with Crippen LogP contribution in [0.15, 0.2) is 101 Å². The lowest BCUT2D eigenvalue weighted by Crippen LogP contribution is -2.28. The first-order valence-electron chi connectivity index (χ1n) is 11.3. The van der Waals surface area contributed by atoms with Crippen LogP contribution in [0.1, 0.15) is 16.7 Å². The molecular weight excluding hydrogens is 529 g/mol. The standard InChI is InChI=1S/C28H23Cl2N3O3S/c1-19-5-12-25(13-6-19)37-28(31-23-9-14-26(30)27(16-23)33(35)36)32(17-20-7-10-24(34)11-8-20)18-21-3-2-4-22(29)15-21/h2-16,34H,17-18H2,1H3. The van der Waals surface area contributed by atoms with E-state index in [0.29, 0.717) is 29.0 Å². The van der Waals surface area contributed by atoms with Gasteiger partial charge in [0.05, 0.1) is 10.6 Å². The van der Waals surface area contributed by atoms with Gasteiger partial charge < -0.3 is 10.0 Å². The average molecular weight is 552 g/mol. The van der Waals surface area contributed by atoms with E-state index in [9.17, 15) is 15.2 Å². The molecule has 4 rings (SSSR count). The van der Waals surface area contributed by atoms with E-state index < -0.39 is 4.92 Å². The monoisotopic (exact) mass is 551 g/mol. The minimum Gasteiger partial charge on any atom is -0.508 e. The van der Waals surface area contributed by atoms with E-state index in [1.54, 1.807) is 18.2 Å². The summed E-state index contributed by atoms with van der Waals surface area (Å²) < 4.78 is 0. The summed E-state index contributed by atoms with van der Waals surface area (Å²) in [5, 5.41) is 22.5. The highest BCUT2D eigenvalue weighted by atomic mass is 35.5. The van der Waals surface area contributed by atoms with Gasteiger partial charge in [-0.05, 0) is 66.6 Å². The molecule has 0 aliphatic carbocycles. The Morgan fingerprint density at radius 2 is 1.65 bits per heavy atom. The van der Waals surface area contributed by atoms with Crippen molar-refractivity contribution in [3.05, 3.63) is 128 Å². The molecule has 0 fully saturated rings. The Hall–Kier alpha value is -3.52. The van der Waals surface area contributed by atoms with Gasteiger partial charge in [-0.1, -0.05) is 76.9 Å². The molecule has 4 aromatic carbocycles. The number of hydrogen-bond donors (Lipinski definition) is 1. The number of thioether (sulfide) groups is 1. The van der Waals surface area contributed by atoms with Crippen LogP contribution in [0.5, 0.6) is 5.75 Å². The molecule has 0 amide bonds. The van der Waals surface area contributed by atoms with Gasteiger partial charge in [-0.25, -0.2) is 4.99 Å². The van der Waals surface area contributed by atoms with Crippen molar-refractivity contribution in [2.75, 3.05) is 0 Å². The van der Waals surface area contributed by atoms with E-state index >= 15 is 0 Å². The Labute approximate surface area is 229 Å². The molecule has 4 aromatic rings. The van der Waals surface area contributed by atoms with Gasteiger partial charge in [0, 0.05) is 29.1 Å². The zero-order valence-electron chi connectivity index (χ0n) is 19.8. The number of amidine groups is 1. The minimum atomic E-state index is -0.520. The van der Waals surface area contributed by atoms with Crippen LogP contribution in [0.2, 0.25) is 10.0 Å². The third-order valence-electron chi connectivity index (χ3n) is 5.42. The van der Waals surface area contributed by atoms with Crippen molar-refractivity contribution in [3.63, 3.8) is 0 Å². The van der Waals surface area contributed by atoms with Gasteiger partial charge in [0.25, 0.3) is 5.69 Å². The van der Waals surface area contributed by atoms with Crippen LogP contribution >= 0.6 is 35.0 Å². The number of nitro benzene ring substituents is 1. The van der Waals surface area contributed by atoms with E-state index in [-0.39, 0.29) is 16.5 Å². The Balaban J connectivity index is 1.80. The Kier molecular flexibility index (Phi) is 8.71. The largest absolute Gasteiger partial charge is 0.508 e. The highest BCUT2D eigenvalue weighted by Gasteiger charge is 2.18. The predicted molar refractivity (Wildman–Crippen MR) is 151 cm³/mol. The summed E-state index contributed by atoms with van der Waals surface area (Å²) in [7, 11) is 0. The zero-order valence-corrected chi connectivity index (χ0v) is 22.2. The number of aliphatic imine (C=N–C) groups is 1. The summed E-state index contributed by atoms with van der Waals surface area (Å²) in [6.45, 7) is 2.97. The number of benzene rings is 4. The lowest BCUT2D eigenvalue weighted by atomic mass is 10.1. The number of rotatable bonds is 7. The third-order valence-corrected chi connectivity index (χ3v) is 7.02. The number of phenolic OH excluding ortho intramolecular Hbond substituents is 1. The van der Waals surface area contributed by atoms with Gasteiger partial charge in [-0.3, -0.25) is 10.1 Å². The van der Waals surface area contributed by atoms with Crippen LogP contribution in [0.3, 0.4) is 0 Å². The first kappa shape index (κ1) is 26.5. The summed E-state index contributed by atoms with van der Waals surface area (Å²) in [6.07, 6.45) is 0. The maximum Gasteiger partial charge on any atom is 0.290 e. The molecule has 0 spiro atoms. The molecule has 0 unspecified atom stereocenters. The number of nitrogens with zero attached hydrogens (tertiary/aromatic N) is 3. The van der Waals surface area contributed by atoms with Gasteiger partial charge in [0.15, 0.2) is 5.17 Å².